The molecule has 102 valence electrons. The lowest BCUT2D eigenvalue weighted by Crippen LogP contribution is -2.21. The van der Waals surface area contributed by atoms with E-state index in [2.05, 4.69) is 0 Å². The van der Waals surface area contributed by atoms with Gasteiger partial charge in [0.05, 0.1) is 23.1 Å². The molecule has 0 aliphatic heterocycles. The van der Waals surface area contributed by atoms with E-state index >= 15 is 0 Å². The summed E-state index contributed by atoms with van der Waals surface area (Å²) in [6.45, 7) is 0. The minimum absolute atomic E-state index is 0.121. The molecule has 2 aromatic carbocycles. The van der Waals surface area contributed by atoms with Crippen LogP contribution < -0.4 is 3.82 Å². The summed E-state index contributed by atoms with van der Waals surface area (Å²) in [5.41, 5.74) is 1.13. The highest BCUT2D eigenvalue weighted by molar-refractivity contribution is 7.94. The number of sulfonamides is 1. The zero-order valence-corrected chi connectivity index (χ0v) is 12.0. The summed E-state index contributed by atoms with van der Waals surface area (Å²) >= 11 is 5.94. The van der Waals surface area contributed by atoms with Crippen LogP contribution >= 0.6 is 11.8 Å². The maximum atomic E-state index is 12.3. The standard InChI is InChI=1S/C14H11ClN2O2S/c15-17(13-8-6-12(7-9-13)10-11-16)20(18,19)14-4-2-1-3-5-14/h1-9H,10H2. The minimum atomic E-state index is -3.78. The Labute approximate surface area is 123 Å². The third-order valence-electron chi connectivity index (χ3n) is 2.67. The van der Waals surface area contributed by atoms with Crippen molar-refractivity contribution >= 4 is 27.5 Å². The maximum Gasteiger partial charge on any atom is 0.278 e. The minimum Gasteiger partial charge on any atom is -0.200 e. The monoisotopic (exact) mass is 306 g/mol. The van der Waals surface area contributed by atoms with Crippen molar-refractivity contribution in [2.45, 2.75) is 11.3 Å². The Balaban J connectivity index is 2.31. The third kappa shape index (κ3) is 2.93. The molecule has 0 fully saturated rings. The number of hydrogen-bond donors (Lipinski definition) is 0. The Morgan fingerprint density at radius 3 is 2.20 bits per heavy atom. The van der Waals surface area contributed by atoms with Crippen LogP contribution in [0.3, 0.4) is 0 Å². The lowest BCUT2D eigenvalue weighted by Gasteiger charge is -2.16. The Kier molecular flexibility index (Phi) is 4.28. The number of halogens is 1. The van der Waals surface area contributed by atoms with E-state index in [1.807, 2.05) is 6.07 Å². The fourth-order valence-electron chi connectivity index (χ4n) is 1.65. The topological polar surface area (TPSA) is 61.2 Å². The number of nitriles is 1. The molecule has 0 amide bonds. The van der Waals surface area contributed by atoms with Crippen LogP contribution in [-0.4, -0.2) is 8.42 Å². The molecule has 0 unspecified atom stereocenters. The van der Waals surface area contributed by atoms with Crippen molar-refractivity contribution in [3.05, 3.63) is 60.2 Å². The van der Waals surface area contributed by atoms with E-state index in [1.54, 1.807) is 42.5 Å². The van der Waals surface area contributed by atoms with Crippen LogP contribution in [0.25, 0.3) is 0 Å². The Morgan fingerprint density at radius 2 is 1.65 bits per heavy atom. The molecule has 0 bridgehead atoms. The fourth-order valence-corrected chi connectivity index (χ4v) is 3.08. The molecule has 2 rings (SSSR count). The summed E-state index contributed by atoms with van der Waals surface area (Å²) in [5, 5.41) is 8.59. The molecule has 0 atom stereocenters. The van der Waals surface area contributed by atoms with Crippen molar-refractivity contribution in [1.29, 1.82) is 5.26 Å². The molecule has 0 radical (unpaired) electrons. The molecule has 0 aliphatic carbocycles. The number of anilines is 1. The van der Waals surface area contributed by atoms with E-state index in [9.17, 15) is 8.42 Å². The smallest absolute Gasteiger partial charge is 0.200 e. The number of benzene rings is 2. The Bertz CT molecular complexity index is 722. The van der Waals surface area contributed by atoms with E-state index in [0.717, 1.165) is 5.56 Å². The molecule has 4 nitrogen and oxygen atoms in total. The number of hydrogen-bond acceptors (Lipinski definition) is 3. The number of nitrogens with zero attached hydrogens (tertiary/aromatic N) is 2. The van der Waals surface area contributed by atoms with E-state index in [0.29, 0.717) is 9.51 Å². The molecule has 0 aromatic heterocycles. The molecular weight excluding hydrogens is 296 g/mol. The molecule has 0 heterocycles. The molecule has 2 aromatic rings. The van der Waals surface area contributed by atoms with Gasteiger partial charge in [-0.25, -0.2) is 0 Å². The summed E-state index contributed by atoms with van der Waals surface area (Å²) in [4.78, 5) is 0.121. The molecule has 20 heavy (non-hydrogen) atoms. The van der Waals surface area contributed by atoms with E-state index in [-0.39, 0.29) is 11.3 Å². The van der Waals surface area contributed by atoms with Gasteiger partial charge in [0.1, 0.15) is 0 Å². The van der Waals surface area contributed by atoms with E-state index in [4.69, 9.17) is 17.0 Å². The van der Waals surface area contributed by atoms with Crippen LogP contribution in [0.15, 0.2) is 59.5 Å². The highest BCUT2D eigenvalue weighted by Crippen LogP contribution is 2.25. The summed E-state index contributed by atoms with van der Waals surface area (Å²) in [6.07, 6.45) is 0.272. The first kappa shape index (κ1) is 14.4. The van der Waals surface area contributed by atoms with Gasteiger partial charge in [-0.2, -0.15) is 17.5 Å². The third-order valence-corrected chi connectivity index (χ3v) is 4.92. The SMILES string of the molecule is N#CCc1ccc(N(Cl)S(=O)(=O)c2ccccc2)cc1. The van der Waals surface area contributed by atoms with Gasteiger partial charge >= 0.3 is 0 Å². The van der Waals surface area contributed by atoms with Crippen LogP contribution in [-0.2, 0) is 16.4 Å². The van der Waals surface area contributed by atoms with Gasteiger partial charge in [0.15, 0.2) is 0 Å². The summed E-state index contributed by atoms with van der Waals surface area (Å²) in [7, 11) is -3.78. The summed E-state index contributed by atoms with van der Waals surface area (Å²) < 4.78 is 25.3. The van der Waals surface area contributed by atoms with Crippen molar-refractivity contribution in [3.63, 3.8) is 0 Å². The largest absolute Gasteiger partial charge is 0.278 e. The van der Waals surface area contributed by atoms with Crippen LogP contribution in [0.1, 0.15) is 5.56 Å². The van der Waals surface area contributed by atoms with Crippen LogP contribution in [0.5, 0.6) is 0 Å². The first-order valence-corrected chi connectivity index (χ1v) is 7.55. The van der Waals surface area contributed by atoms with E-state index in [1.165, 1.54) is 12.1 Å². The molecule has 6 heteroatoms. The predicted octanol–water partition coefficient (Wildman–Crippen LogP) is 3.10. The second kappa shape index (κ2) is 5.95. The van der Waals surface area contributed by atoms with Gasteiger partial charge in [-0.15, -0.1) is 0 Å². The average molecular weight is 307 g/mol. The normalized spacial score (nSPS) is 10.8. The lowest BCUT2D eigenvalue weighted by molar-refractivity contribution is 0.598. The molecule has 0 saturated carbocycles. The lowest BCUT2D eigenvalue weighted by atomic mass is 10.1. The first-order chi connectivity index (χ1) is 9.55. The van der Waals surface area contributed by atoms with Gasteiger partial charge in [0, 0.05) is 11.8 Å². The highest BCUT2D eigenvalue weighted by atomic mass is 35.5. The Hall–Kier alpha value is -2.03. The zero-order chi connectivity index (χ0) is 14.6. The van der Waals surface area contributed by atoms with Gasteiger partial charge < -0.3 is 0 Å². The molecule has 0 saturated heterocycles. The fraction of sp³-hybridized carbons (Fsp3) is 0.0714. The summed E-state index contributed by atoms with van der Waals surface area (Å²) in [5.74, 6) is 0. The molecule has 0 N–H and O–H groups in total. The molecule has 0 spiro atoms. The second-order valence-corrected chi connectivity index (χ2v) is 6.36. The van der Waals surface area contributed by atoms with Gasteiger partial charge in [-0.3, -0.25) is 0 Å². The molecule has 0 aliphatic rings. The average Bonchev–Trinajstić information content (AvgIpc) is 2.48. The van der Waals surface area contributed by atoms with Gasteiger partial charge in [0.25, 0.3) is 10.0 Å². The summed E-state index contributed by atoms with van der Waals surface area (Å²) in [6, 6.07) is 16.5. The second-order valence-electron chi connectivity index (χ2n) is 4.03. The maximum absolute atomic E-state index is 12.3. The number of rotatable bonds is 4. The van der Waals surface area contributed by atoms with Crippen LogP contribution in [0.2, 0.25) is 0 Å². The quantitative estimate of drug-likeness (QED) is 0.815. The van der Waals surface area contributed by atoms with Crippen molar-refractivity contribution in [3.8, 4) is 6.07 Å². The van der Waals surface area contributed by atoms with Gasteiger partial charge in [0.2, 0.25) is 0 Å². The van der Waals surface area contributed by atoms with Gasteiger partial charge in [-0.05, 0) is 29.8 Å². The van der Waals surface area contributed by atoms with Crippen molar-refractivity contribution in [2.24, 2.45) is 0 Å². The Morgan fingerprint density at radius 1 is 1.05 bits per heavy atom. The zero-order valence-electron chi connectivity index (χ0n) is 10.4. The van der Waals surface area contributed by atoms with Crippen LogP contribution in [0, 0.1) is 11.3 Å². The van der Waals surface area contributed by atoms with Gasteiger partial charge in [-0.1, -0.05) is 30.3 Å². The molecular formula is C14H11ClN2O2S. The first-order valence-electron chi connectivity index (χ1n) is 5.78. The predicted molar refractivity (Wildman–Crippen MR) is 77.7 cm³/mol. The van der Waals surface area contributed by atoms with Crippen molar-refractivity contribution in [1.82, 2.24) is 0 Å². The van der Waals surface area contributed by atoms with Crippen LogP contribution in [0.4, 0.5) is 5.69 Å². The van der Waals surface area contributed by atoms with E-state index < -0.39 is 10.0 Å². The van der Waals surface area contributed by atoms with Crippen molar-refractivity contribution < 1.29 is 8.42 Å². The highest BCUT2D eigenvalue weighted by Gasteiger charge is 2.23. The van der Waals surface area contributed by atoms with Crippen molar-refractivity contribution in [2.75, 3.05) is 3.82 Å².